The van der Waals surface area contributed by atoms with Crippen LogP contribution in [0.3, 0.4) is 0 Å². The molecular weight excluding hydrogens is 310 g/mol. The SMILES string of the molecule is Cc1ccnc(-c2ccc(C(=O)Nc3cccc(N(C)C)c3)cc2)c1. The van der Waals surface area contributed by atoms with E-state index in [0.717, 1.165) is 28.2 Å². The highest BCUT2D eigenvalue weighted by Crippen LogP contribution is 2.20. The predicted molar refractivity (Wildman–Crippen MR) is 103 cm³/mol. The second kappa shape index (κ2) is 7.18. The summed E-state index contributed by atoms with van der Waals surface area (Å²) < 4.78 is 0. The van der Waals surface area contributed by atoms with Crippen molar-refractivity contribution >= 4 is 17.3 Å². The predicted octanol–water partition coefficient (Wildman–Crippen LogP) is 4.38. The van der Waals surface area contributed by atoms with E-state index in [9.17, 15) is 4.79 Å². The Bertz CT molecular complexity index is 886. The number of rotatable bonds is 4. The minimum atomic E-state index is -0.125. The molecule has 0 saturated carbocycles. The number of nitrogens with zero attached hydrogens (tertiary/aromatic N) is 2. The standard InChI is InChI=1S/C21H21N3O/c1-15-11-12-22-20(13-15)16-7-9-17(10-8-16)21(25)23-18-5-4-6-19(14-18)24(2)3/h4-14H,1-3H3,(H,23,25). The van der Waals surface area contributed by atoms with Gasteiger partial charge < -0.3 is 10.2 Å². The lowest BCUT2D eigenvalue weighted by atomic mass is 10.1. The number of aryl methyl sites for hydroxylation is 1. The van der Waals surface area contributed by atoms with E-state index in [0.29, 0.717) is 5.56 Å². The first-order valence-corrected chi connectivity index (χ1v) is 8.15. The topological polar surface area (TPSA) is 45.2 Å². The third-order valence-electron chi connectivity index (χ3n) is 3.98. The summed E-state index contributed by atoms with van der Waals surface area (Å²) in [7, 11) is 3.94. The van der Waals surface area contributed by atoms with Crippen molar-refractivity contribution in [1.29, 1.82) is 0 Å². The number of benzene rings is 2. The first kappa shape index (κ1) is 16.7. The Balaban J connectivity index is 1.76. The molecule has 4 nitrogen and oxygen atoms in total. The molecule has 0 aliphatic rings. The Morgan fingerprint density at radius 1 is 1.00 bits per heavy atom. The Hall–Kier alpha value is -3.14. The molecule has 1 N–H and O–H groups in total. The van der Waals surface area contributed by atoms with Crippen LogP contribution >= 0.6 is 0 Å². The van der Waals surface area contributed by atoms with Crippen LogP contribution in [0.15, 0.2) is 66.9 Å². The van der Waals surface area contributed by atoms with Gasteiger partial charge in [-0.2, -0.15) is 0 Å². The van der Waals surface area contributed by atoms with Crippen LogP contribution in [0.1, 0.15) is 15.9 Å². The van der Waals surface area contributed by atoms with Gasteiger partial charge in [-0.05, 0) is 55.0 Å². The molecule has 3 rings (SSSR count). The highest BCUT2D eigenvalue weighted by Gasteiger charge is 2.08. The number of pyridine rings is 1. The maximum absolute atomic E-state index is 12.5. The van der Waals surface area contributed by atoms with Crippen LogP contribution in [-0.4, -0.2) is 25.0 Å². The molecule has 0 atom stereocenters. The highest BCUT2D eigenvalue weighted by molar-refractivity contribution is 6.04. The summed E-state index contributed by atoms with van der Waals surface area (Å²) in [6.07, 6.45) is 1.79. The number of hydrogen-bond acceptors (Lipinski definition) is 3. The maximum Gasteiger partial charge on any atom is 0.255 e. The van der Waals surface area contributed by atoms with Crippen molar-refractivity contribution in [1.82, 2.24) is 4.98 Å². The molecule has 25 heavy (non-hydrogen) atoms. The molecule has 0 bridgehead atoms. The molecule has 1 heterocycles. The molecule has 0 radical (unpaired) electrons. The van der Waals surface area contributed by atoms with Gasteiger partial charge in [0.15, 0.2) is 0 Å². The molecule has 0 unspecified atom stereocenters. The van der Waals surface area contributed by atoms with Gasteiger partial charge in [0.1, 0.15) is 0 Å². The average Bonchev–Trinajstić information content (AvgIpc) is 2.62. The fourth-order valence-corrected chi connectivity index (χ4v) is 2.55. The van der Waals surface area contributed by atoms with Gasteiger partial charge in [0, 0.05) is 42.8 Å². The number of aromatic nitrogens is 1. The minimum absolute atomic E-state index is 0.125. The Morgan fingerprint density at radius 2 is 1.76 bits per heavy atom. The van der Waals surface area contributed by atoms with Crippen molar-refractivity contribution < 1.29 is 4.79 Å². The maximum atomic E-state index is 12.5. The van der Waals surface area contributed by atoms with Gasteiger partial charge in [0.05, 0.1) is 5.69 Å². The molecule has 3 aromatic rings. The Labute approximate surface area is 148 Å². The van der Waals surface area contributed by atoms with Gasteiger partial charge in [0.2, 0.25) is 0 Å². The van der Waals surface area contributed by atoms with E-state index in [1.54, 1.807) is 6.20 Å². The van der Waals surface area contributed by atoms with Gasteiger partial charge in [0.25, 0.3) is 5.91 Å². The second-order valence-electron chi connectivity index (χ2n) is 6.19. The van der Waals surface area contributed by atoms with Crippen LogP contribution in [0, 0.1) is 6.92 Å². The van der Waals surface area contributed by atoms with Crippen molar-refractivity contribution in [3.63, 3.8) is 0 Å². The number of nitrogens with one attached hydrogen (secondary N) is 1. The lowest BCUT2D eigenvalue weighted by Gasteiger charge is -2.14. The quantitative estimate of drug-likeness (QED) is 0.772. The van der Waals surface area contributed by atoms with Gasteiger partial charge in [-0.1, -0.05) is 18.2 Å². The monoisotopic (exact) mass is 331 g/mol. The molecule has 0 fully saturated rings. The molecule has 0 aliphatic heterocycles. The number of amides is 1. The molecule has 0 aliphatic carbocycles. The van der Waals surface area contributed by atoms with Crippen LogP contribution in [0.25, 0.3) is 11.3 Å². The smallest absolute Gasteiger partial charge is 0.255 e. The van der Waals surface area contributed by atoms with E-state index in [1.807, 2.05) is 86.6 Å². The molecule has 2 aromatic carbocycles. The zero-order valence-corrected chi connectivity index (χ0v) is 14.7. The molecule has 0 saturated heterocycles. The van der Waals surface area contributed by atoms with Crippen molar-refractivity contribution in [3.05, 3.63) is 78.0 Å². The molecule has 4 heteroatoms. The average molecular weight is 331 g/mol. The van der Waals surface area contributed by atoms with Crippen molar-refractivity contribution in [2.45, 2.75) is 6.92 Å². The van der Waals surface area contributed by atoms with Crippen LogP contribution in [0.4, 0.5) is 11.4 Å². The molecule has 0 spiro atoms. The summed E-state index contributed by atoms with van der Waals surface area (Å²) in [5.74, 6) is -0.125. The van der Waals surface area contributed by atoms with E-state index in [-0.39, 0.29) is 5.91 Å². The van der Waals surface area contributed by atoms with Gasteiger partial charge in [-0.15, -0.1) is 0 Å². The van der Waals surface area contributed by atoms with Crippen LogP contribution in [0.5, 0.6) is 0 Å². The van der Waals surface area contributed by atoms with Gasteiger partial charge >= 0.3 is 0 Å². The van der Waals surface area contributed by atoms with E-state index in [4.69, 9.17) is 0 Å². The van der Waals surface area contributed by atoms with Crippen molar-refractivity contribution in [3.8, 4) is 11.3 Å². The zero-order chi connectivity index (χ0) is 17.8. The zero-order valence-electron chi connectivity index (χ0n) is 14.7. The Morgan fingerprint density at radius 3 is 2.44 bits per heavy atom. The van der Waals surface area contributed by atoms with Gasteiger partial charge in [-0.25, -0.2) is 0 Å². The number of hydrogen-bond donors (Lipinski definition) is 1. The highest BCUT2D eigenvalue weighted by atomic mass is 16.1. The molecule has 1 aromatic heterocycles. The largest absolute Gasteiger partial charge is 0.378 e. The minimum Gasteiger partial charge on any atom is -0.378 e. The third kappa shape index (κ3) is 4.04. The summed E-state index contributed by atoms with van der Waals surface area (Å²) in [5, 5.41) is 2.94. The third-order valence-corrected chi connectivity index (χ3v) is 3.98. The summed E-state index contributed by atoms with van der Waals surface area (Å²) >= 11 is 0. The van der Waals surface area contributed by atoms with E-state index in [2.05, 4.69) is 10.3 Å². The van der Waals surface area contributed by atoms with Crippen LogP contribution in [-0.2, 0) is 0 Å². The first-order valence-electron chi connectivity index (χ1n) is 8.15. The molecule has 1 amide bonds. The fourth-order valence-electron chi connectivity index (χ4n) is 2.55. The number of anilines is 2. The number of carbonyl (C=O) groups is 1. The fraction of sp³-hybridized carbons (Fsp3) is 0.143. The summed E-state index contributed by atoms with van der Waals surface area (Å²) in [6.45, 7) is 2.04. The first-order chi connectivity index (χ1) is 12.0. The van der Waals surface area contributed by atoms with Crippen LogP contribution < -0.4 is 10.2 Å². The molecular formula is C21H21N3O. The Kier molecular flexibility index (Phi) is 4.80. The van der Waals surface area contributed by atoms with E-state index < -0.39 is 0 Å². The van der Waals surface area contributed by atoms with Crippen molar-refractivity contribution in [2.75, 3.05) is 24.3 Å². The summed E-state index contributed by atoms with van der Waals surface area (Å²) in [5.41, 5.74) is 5.50. The van der Waals surface area contributed by atoms with E-state index in [1.165, 1.54) is 0 Å². The van der Waals surface area contributed by atoms with Gasteiger partial charge in [-0.3, -0.25) is 9.78 Å². The second-order valence-corrected chi connectivity index (χ2v) is 6.19. The van der Waals surface area contributed by atoms with Crippen LogP contribution in [0.2, 0.25) is 0 Å². The lowest BCUT2D eigenvalue weighted by molar-refractivity contribution is 0.102. The van der Waals surface area contributed by atoms with E-state index >= 15 is 0 Å². The summed E-state index contributed by atoms with van der Waals surface area (Å²) in [6, 6.07) is 19.2. The number of carbonyl (C=O) groups excluding carboxylic acids is 1. The van der Waals surface area contributed by atoms with Crippen molar-refractivity contribution in [2.24, 2.45) is 0 Å². The lowest BCUT2D eigenvalue weighted by Crippen LogP contribution is -2.13. The molecule has 126 valence electrons. The normalized spacial score (nSPS) is 10.4. The summed E-state index contributed by atoms with van der Waals surface area (Å²) in [4.78, 5) is 18.8.